The molecule has 4 rings (SSSR count). The number of nitrogens with one attached hydrogen (secondary N) is 1. The summed E-state index contributed by atoms with van der Waals surface area (Å²) in [7, 11) is -1.94. The molecule has 0 saturated heterocycles. The van der Waals surface area contributed by atoms with Crippen LogP contribution < -0.4 is 10.1 Å². The summed E-state index contributed by atoms with van der Waals surface area (Å²) in [5.41, 5.74) is 2.07. The van der Waals surface area contributed by atoms with Gasteiger partial charge in [0, 0.05) is 29.6 Å². The lowest BCUT2D eigenvalue weighted by molar-refractivity contribution is 0.102. The van der Waals surface area contributed by atoms with Gasteiger partial charge in [0.15, 0.2) is 5.13 Å². The first kappa shape index (κ1) is 24.4. The van der Waals surface area contributed by atoms with Crippen LogP contribution in [0.3, 0.4) is 0 Å². The number of hydrogen-bond acceptors (Lipinski definition) is 6. The van der Waals surface area contributed by atoms with Gasteiger partial charge in [-0.2, -0.15) is 4.31 Å². The van der Waals surface area contributed by atoms with Crippen LogP contribution in [0.1, 0.15) is 49.4 Å². The topological polar surface area (TPSA) is 88.6 Å². The molecule has 1 N–H and O–H groups in total. The van der Waals surface area contributed by atoms with E-state index >= 15 is 0 Å². The predicted molar refractivity (Wildman–Crippen MR) is 135 cm³/mol. The van der Waals surface area contributed by atoms with Gasteiger partial charge in [0.25, 0.3) is 5.91 Å². The third-order valence-electron chi connectivity index (χ3n) is 5.98. The van der Waals surface area contributed by atoms with Crippen molar-refractivity contribution in [1.29, 1.82) is 0 Å². The third-order valence-corrected chi connectivity index (χ3v) is 8.66. The normalized spacial score (nSPS) is 14.4. The van der Waals surface area contributed by atoms with E-state index in [9.17, 15) is 13.2 Å². The number of carbonyl (C=O) groups excluding carboxylic acids is 1. The Kier molecular flexibility index (Phi) is 7.65. The zero-order valence-corrected chi connectivity index (χ0v) is 21.0. The summed E-state index contributed by atoms with van der Waals surface area (Å²) in [5, 5.41) is 5.15. The first-order chi connectivity index (χ1) is 16.4. The van der Waals surface area contributed by atoms with Gasteiger partial charge in [0.2, 0.25) is 10.0 Å². The number of benzene rings is 2. The van der Waals surface area contributed by atoms with Gasteiger partial charge in [0.1, 0.15) is 5.75 Å². The average molecular weight is 500 g/mol. The second kappa shape index (κ2) is 10.7. The molecule has 1 aromatic heterocycles. The van der Waals surface area contributed by atoms with Gasteiger partial charge in [0.05, 0.1) is 17.2 Å². The van der Waals surface area contributed by atoms with Gasteiger partial charge >= 0.3 is 0 Å². The van der Waals surface area contributed by atoms with Gasteiger partial charge in [-0.15, -0.1) is 11.3 Å². The van der Waals surface area contributed by atoms with E-state index < -0.39 is 10.0 Å². The Hall–Kier alpha value is -2.75. The number of thiazole rings is 1. The van der Waals surface area contributed by atoms with Crippen LogP contribution in [0.15, 0.2) is 58.8 Å². The molecule has 0 atom stereocenters. The highest BCUT2D eigenvalue weighted by Crippen LogP contribution is 2.29. The van der Waals surface area contributed by atoms with Gasteiger partial charge in [-0.25, -0.2) is 13.4 Å². The molecule has 1 aliphatic rings. The minimum Gasteiger partial charge on any atom is -0.494 e. The average Bonchev–Trinajstić information content (AvgIpc) is 3.55. The number of aromatic nitrogens is 1. The molecule has 1 heterocycles. The Morgan fingerprint density at radius 2 is 1.79 bits per heavy atom. The van der Waals surface area contributed by atoms with E-state index in [0.29, 0.717) is 17.3 Å². The largest absolute Gasteiger partial charge is 0.494 e. The standard InChI is InChI=1S/C25H29N3O4S2/c1-3-16-32-21-12-8-18(9-13-21)23-17-33-25(26-23)27-24(29)19-10-14-22(15-11-19)34(30,31)28(2)20-6-4-5-7-20/h8-15,17,20H,3-7,16H2,1-2H3,(H,26,27,29). The molecule has 34 heavy (non-hydrogen) atoms. The van der Waals surface area contributed by atoms with Gasteiger partial charge in [-0.05, 0) is 67.8 Å². The quantitative estimate of drug-likeness (QED) is 0.425. The van der Waals surface area contributed by atoms with Crippen molar-refractivity contribution in [1.82, 2.24) is 9.29 Å². The number of anilines is 1. The van der Waals surface area contributed by atoms with E-state index in [2.05, 4.69) is 17.2 Å². The fraction of sp³-hybridized carbons (Fsp3) is 0.360. The highest BCUT2D eigenvalue weighted by atomic mass is 32.2. The monoisotopic (exact) mass is 499 g/mol. The molecule has 1 saturated carbocycles. The molecule has 0 radical (unpaired) electrons. The van der Waals surface area contributed by atoms with Crippen LogP contribution >= 0.6 is 11.3 Å². The number of ether oxygens (including phenoxy) is 1. The first-order valence-electron chi connectivity index (χ1n) is 11.5. The van der Waals surface area contributed by atoms with Crippen molar-refractivity contribution < 1.29 is 17.9 Å². The molecular formula is C25H29N3O4S2. The predicted octanol–water partition coefficient (Wildman–Crippen LogP) is 5.41. The SMILES string of the molecule is CCCOc1ccc(-c2csc(NC(=O)c3ccc(S(=O)(=O)N(C)C4CCCC4)cc3)n2)cc1. The van der Waals surface area contributed by atoms with E-state index in [-0.39, 0.29) is 16.8 Å². The summed E-state index contributed by atoms with van der Waals surface area (Å²) in [5.74, 6) is 0.478. The minimum absolute atomic E-state index is 0.0483. The van der Waals surface area contributed by atoms with Gasteiger partial charge in [-0.1, -0.05) is 19.8 Å². The summed E-state index contributed by atoms with van der Waals surface area (Å²) in [6.07, 6.45) is 4.85. The molecule has 3 aromatic rings. The summed E-state index contributed by atoms with van der Waals surface area (Å²) < 4.78 is 32.9. The first-order valence-corrected chi connectivity index (χ1v) is 13.8. The van der Waals surface area contributed by atoms with E-state index in [1.165, 1.54) is 39.9 Å². The third kappa shape index (κ3) is 5.48. The Morgan fingerprint density at radius 3 is 2.44 bits per heavy atom. The molecule has 1 amide bonds. The number of hydrogen-bond donors (Lipinski definition) is 1. The second-order valence-electron chi connectivity index (χ2n) is 8.35. The van der Waals surface area contributed by atoms with Crippen LogP contribution in [-0.2, 0) is 10.0 Å². The van der Waals surface area contributed by atoms with Crippen molar-refractivity contribution in [2.45, 2.75) is 50.0 Å². The lowest BCUT2D eigenvalue weighted by Crippen LogP contribution is -2.35. The Morgan fingerprint density at radius 1 is 1.12 bits per heavy atom. The van der Waals surface area contributed by atoms with Gasteiger partial charge in [-0.3, -0.25) is 10.1 Å². The number of amides is 1. The Bertz CT molecular complexity index is 1220. The van der Waals surface area contributed by atoms with E-state index in [0.717, 1.165) is 49.1 Å². The maximum atomic E-state index is 12.9. The smallest absolute Gasteiger partial charge is 0.257 e. The molecular weight excluding hydrogens is 470 g/mol. The number of nitrogens with zero attached hydrogens (tertiary/aromatic N) is 2. The van der Waals surface area contributed by atoms with Crippen LogP contribution in [0.4, 0.5) is 5.13 Å². The molecule has 7 nitrogen and oxygen atoms in total. The molecule has 9 heteroatoms. The zero-order valence-electron chi connectivity index (χ0n) is 19.4. The molecule has 2 aromatic carbocycles. The van der Waals surface area contributed by atoms with Crippen LogP contribution in [0.5, 0.6) is 5.75 Å². The molecule has 180 valence electrons. The molecule has 0 aliphatic heterocycles. The van der Waals surface area contributed by atoms with Crippen molar-refractivity contribution in [2.75, 3.05) is 19.0 Å². The molecule has 0 unspecified atom stereocenters. The second-order valence-corrected chi connectivity index (χ2v) is 11.2. The summed E-state index contributed by atoms with van der Waals surface area (Å²) in [4.78, 5) is 17.4. The molecule has 0 spiro atoms. The molecule has 1 aliphatic carbocycles. The zero-order chi connectivity index (χ0) is 24.1. The van der Waals surface area contributed by atoms with E-state index in [1.54, 1.807) is 7.05 Å². The van der Waals surface area contributed by atoms with Crippen LogP contribution in [0.2, 0.25) is 0 Å². The van der Waals surface area contributed by atoms with Crippen molar-refractivity contribution in [3.63, 3.8) is 0 Å². The van der Waals surface area contributed by atoms with Crippen LogP contribution in [0.25, 0.3) is 11.3 Å². The number of rotatable bonds is 9. The lowest BCUT2D eigenvalue weighted by atomic mass is 10.2. The molecule has 1 fully saturated rings. The van der Waals surface area contributed by atoms with E-state index in [4.69, 9.17) is 4.74 Å². The fourth-order valence-electron chi connectivity index (χ4n) is 3.98. The fourth-order valence-corrected chi connectivity index (χ4v) is 6.11. The maximum absolute atomic E-state index is 12.9. The number of carbonyl (C=O) groups is 1. The maximum Gasteiger partial charge on any atom is 0.257 e. The van der Waals surface area contributed by atoms with Crippen molar-refractivity contribution >= 4 is 32.4 Å². The van der Waals surface area contributed by atoms with Crippen LogP contribution in [0, 0.1) is 0 Å². The lowest BCUT2D eigenvalue weighted by Gasteiger charge is -2.23. The summed E-state index contributed by atoms with van der Waals surface area (Å²) in [6, 6.07) is 13.8. The van der Waals surface area contributed by atoms with Crippen molar-refractivity contribution in [3.05, 3.63) is 59.5 Å². The minimum atomic E-state index is -3.58. The Balaban J connectivity index is 1.40. The van der Waals surface area contributed by atoms with E-state index in [1.807, 2.05) is 29.6 Å². The summed E-state index contributed by atoms with van der Waals surface area (Å²) >= 11 is 1.33. The van der Waals surface area contributed by atoms with Crippen molar-refractivity contribution in [2.24, 2.45) is 0 Å². The van der Waals surface area contributed by atoms with Gasteiger partial charge < -0.3 is 4.74 Å². The highest BCUT2D eigenvalue weighted by molar-refractivity contribution is 7.89. The highest BCUT2D eigenvalue weighted by Gasteiger charge is 2.30. The Labute approximate surface area is 204 Å². The van der Waals surface area contributed by atoms with Crippen molar-refractivity contribution in [3.8, 4) is 17.0 Å². The number of sulfonamides is 1. The summed E-state index contributed by atoms with van der Waals surface area (Å²) in [6.45, 7) is 2.74. The van der Waals surface area contributed by atoms with Crippen LogP contribution in [-0.4, -0.2) is 43.3 Å². The molecule has 0 bridgehead atoms.